The zero-order chi connectivity index (χ0) is 18.8. The van der Waals surface area contributed by atoms with Gasteiger partial charge in [-0.15, -0.1) is 0 Å². The average Bonchev–Trinajstić information content (AvgIpc) is 2.41. The van der Waals surface area contributed by atoms with Crippen LogP contribution in [0, 0.1) is 5.41 Å². The molecule has 1 saturated carbocycles. The first-order chi connectivity index (χ1) is 10.8. The van der Waals surface area contributed by atoms with E-state index in [1.54, 1.807) is 0 Å². The number of hydrogen-bond acceptors (Lipinski definition) is 4. The summed E-state index contributed by atoms with van der Waals surface area (Å²) in [5.41, 5.74) is -2.13. The first-order valence-electron chi connectivity index (χ1n) is 7.18. The fourth-order valence-corrected chi connectivity index (χ4v) is 2.60. The second kappa shape index (κ2) is 7.10. The predicted octanol–water partition coefficient (Wildman–Crippen LogP) is 3.52. The Labute approximate surface area is 133 Å². The molecule has 1 atom stereocenters. The molecule has 24 heavy (non-hydrogen) atoms. The molecular formula is C14H16F6O4. The molecule has 0 aromatic heterocycles. The van der Waals surface area contributed by atoms with E-state index in [1.165, 1.54) is 0 Å². The number of ketones is 2. The van der Waals surface area contributed by atoms with Gasteiger partial charge in [0.2, 0.25) is 0 Å². The highest BCUT2D eigenvalue weighted by Gasteiger charge is 2.61. The van der Waals surface area contributed by atoms with Crippen molar-refractivity contribution in [3.63, 3.8) is 0 Å². The lowest BCUT2D eigenvalue weighted by Gasteiger charge is -2.35. The Morgan fingerprint density at radius 3 is 2.08 bits per heavy atom. The third-order valence-electron chi connectivity index (χ3n) is 3.91. The van der Waals surface area contributed by atoms with Crippen molar-refractivity contribution >= 4 is 17.5 Å². The van der Waals surface area contributed by atoms with Gasteiger partial charge in [-0.25, -0.2) is 0 Å². The highest BCUT2D eigenvalue weighted by atomic mass is 19.4. The number of ether oxygens (including phenoxy) is 1. The zero-order valence-corrected chi connectivity index (χ0v) is 12.7. The lowest BCUT2D eigenvalue weighted by atomic mass is 9.70. The zero-order valence-electron chi connectivity index (χ0n) is 12.7. The van der Waals surface area contributed by atoms with Crippen molar-refractivity contribution in [2.75, 3.05) is 0 Å². The van der Waals surface area contributed by atoms with Crippen LogP contribution in [-0.2, 0) is 19.1 Å². The molecule has 0 heterocycles. The minimum Gasteiger partial charge on any atom is -0.442 e. The van der Waals surface area contributed by atoms with Crippen LogP contribution in [-0.4, -0.2) is 36.0 Å². The van der Waals surface area contributed by atoms with Gasteiger partial charge >= 0.3 is 18.3 Å². The molecule has 0 aromatic carbocycles. The van der Waals surface area contributed by atoms with Crippen LogP contribution in [0.25, 0.3) is 0 Å². The third kappa shape index (κ3) is 4.70. The molecule has 0 saturated heterocycles. The summed E-state index contributed by atoms with van der Waals surface area (Å²) in [6, 6.07) is 0. The van der Waals surface area contributed by atoms with Crippen LogP contribution < -0.4 is 0 Å². The molecule has 0 N–H and O–H groups in total. The molecule has 0 spiro atoms. The molecule has 1 fully saturated rings. The van der Waals surface area contributed by atoms with E-state index in [4.69, 9.17) is 0 Å². The first kappa shape index (κ1) is 20.4. The number of Topliss-reactive ketones (excluding diaryl/α,β-unsaturated/α-hetero) is 2. The van der Waals surface area contributed by atoms with Crippen LogP contribution in [0.1, 0.15) is 45.4 Å². The normalized spacial score (nSPS) is 22.6. The summed E-state index contributed by atoms with van der Waals surface area (Å²) in [6.45, 7) is 1.14. The largest absolute Gasteiger partial charge is 0.442 e. The van der Waals surface area contributed by atoms with Crippen LogP contribution in [0.4, 0.5) is 26.3 Å². The van der Waals surface area contributed by atoms with Gasteiger partial charge in [-0.05, 0) is 26.2 Å². The topological polar surface area (TPSA) is 60.4 Å². The summed E-state index contributed by atoms with van der Waals surface area (Å²) in [5, 5.41) is 0. The van der Waals surface area contributed by atoms with Gasteiger partial charge in [0.1, 0.15) is 17.0 Å². The first-order valence-corrected chi connectivity index (χ1v) is 7.18. The molecule has 0 amide bonds. The Morgan fingerprint density at radius 1 is 1.12 bits per heavy atom. The van der Waals surface area contributed by atoms with E-state index in [-0.39, 0.29) is 25.7 Å². The quantitative estimate of drug-likeness (QED) is 0.427. The lowest BCUT2D eigenvalue weighted by Crippen LogP contribution is -2.51. The van der Waals surface area contributed by atoms with E-state index in [1.807, 2.05) is 0 Å². The SMILES string of the molecule is CC(=O)CCC1(C(=O)OC(C(F)(F)F)C(F)(F)F)CCCCC1=O. The number of hydrogen-bond donors (Lipinski definition) is 0. The smallest absolute Gasteiger partial charge is 0.434 e. The molecule has 1 aliphatic rings. The van der Waals surface area contributed by atoms with Gasteiger partial charge in [-0.3, -0.25) is 9.59 Å². The van der Waals surface area contributed by atoms with Crippen molar-refractivity contribution in [3.8, 4) is 0 Å². The lowest BCUT2D eigenvalue weighted by molar-refractivity contribution is -0.315. The fraction of sp³-hybridized carbons (Fsp3) is 0.786. The molecule has 1 aliphatic carbocycles. The Bertz CT molecular complexity index is 496. The van der Waals surface area contributed by atoms with E-state index < -0.39 is 47.8 Å². The van der Waals surface area contributed by atoms with Crippen molar-refractivity contribution in [2.45, 2.75) is 63.9 Å². The van der Waals surface area contributed by atoms with Crippen LogP contribution in [0.2, 0.25) is 0 Å². The van der Waals surface area contributed by atoms with Crippen LogP contribution in [0.15, 0.2) is 0 Å². The van der Waals surface area contributed by atoms with Crippen LogP contribution in [0.5, 0.6) is 0 Å². The third-order valence-corrected chi connectivity index (χ3v) is 3.91. The van der Waals surface area contributed by atoms with Gasteiger partial charge < -0.3 is 9.53 Å². The summed E-state index contributed by atoms with van der Waals surface area (Å²) in [5.74, 6) is -3.10. The van der Waals surface area contributed by atoms with E-state index in [2.05, 4.69) is 4.74 Å². The van der Waals surface area contributed by atoms with Crippen LogP contribution >= 0.6 is 0 Å². The summed E-state index contributed by atoms with van der Waals surface area (Å²) in [4.78, 5) is 35.2. The van der Waals surface area contributed by atoms with Crippen molar-refractivity contribution in [2.24, 2.45) is 5.41 Å². The van der Waals surface area contributed by atoms with Crippen molar-refractivity contribution in [1.29, 1.82) is 0 Å². The number of alkyl halides is 6. The predicted molar refractivity (Wildman–Crippen MR) is 67.8 cm³/mol. The van der Waals surface area contributed by atoms with Crippen molar-refractivity contribution in [1.82, 2.24) is 0 Å². The van der Waals surface area contributed by atoms with E-state index in [9.17, 15) is 40.7 Å². The Kier molecular flexibility index (Phi) is 6.05. The fourth-order valence-electron chi connectivity index (χ4n) is 2.60. The molecule has 0 radical (unpaired) electrons. The highest BCUT2D eigenvalue weighted by Crippen LogP contribution is 2.42. The molecule has 4 nitrogen and oxygen atoms in total. The van der Waals surface area contributed by atoms with Crippen LogP contribution in [0.3, 0.4) is 0 Å². The Hall–Kier alpha value is -1.61. The summed E-state index contributed by atoms with van der Waals surface area (Å²) < 4.78 is 79.0. The second-order valence-corrected chi connectivity index (χ2v) is 5.78. The molecule has 10 heteroatoms. The van der Waals surface area contributed by atoms with Gasteiger partial charge in [0.05, 0.1) is 0 Å². The molecule has 1 unspecified atom stereocenters. The summed E-state index contributed by atoms with van der Waals surface area (Å²) >= 11 is 0. The summed E-state index contributed by atoms with van der Waals surface area (Å²) in [7, 11) is 0. The van der Waals surface area contributed by atoms with Gasteiger partial charge in [0.25, 0.3) is 6.10 Å². The number of halogens is 6. The van der Waals surface area contributed by atoms with Gasteiger partial charge in [0, 0.05) is 12.8 Å². The second-order valence-electron chi connectivity index (χ2n) is 5.78. The maximum absolute atomic E-state index is 12.5. The molecule has 0 bridgehead atoms. The van der Waals surface area contributed by atoms with Gasteiger partial charge in [-0.1, -0.05) is 6.42 Å². The number of esters is 1. The number of carbonyl (C=O) groups excluding carboxylic acids is 3. The molecule has 0 aliphatic heterocycles. The van der Waals surface area contributed by atoms with Crippen molar-refractivity contribution < 1.29 is 45.5 Å². The minimum absolute atomic E-state index is 0.157. The summed E-state index contributed by atoms with van der Waals surface area (Å²) in [6.07, 6.45) is -16.5. The number of rotatable bonds is 5. The number of carbonyl (C=O) groups is 3. The maximum atomic E-state index is 12.5. The minimum atomic E-state index is -5.85. The Balaban J connectivity index is 3.11. The molecule has 138 valence electrons. The standard InChI is InChI=1S/C14H16F6O4/c1-8(21)5-7-12(6-3-2-4-9(12)22)11(23)24-10(13(15,16)17)14(18,19)20/h10H,2-7H2,1H3. The van der Waals surface area contributed by atoms with E-state index in [0.29, 0.717) is 6.42 Å². The van der Waals surface area contributed by atoms with Gasteiger partial charge in [-0.2, -0.15) is 26.3 Å². The van der Waals surface area contributed by atoms with Crippen molar-refractivity contribution in [3.05, 3.63) is 0 Å². The Morgan fingerprint density at radius 2 is 1.67 bits per heavy atom. The maximum Gasteiger partial charge on any atom is 0.434 e. The monoisotopic (exact) mass is 362 g/mol. The molecule has 0 aromatic rings. The van der Waals surface area contributed by atoms with E-state index in [0.717, 1.165) is 6.92 Å². The highest BCUT2D eigenvalue weighted by molar-refractivity contribution is 6.04. The van der Waals surface area contributed by atoms with E-state index >= 15 is 0 Å². The molecular weight excluding hydrogens is 346 g/mol. The molecule has 1 rings (SSSR count). The average molecular weight is 362 g/mol. The van der Waals surface area contributed by atoms with Gasteiger partial charge in [0.15, 0.2) is 0 Å².